The molecule has 0 aliphatic rings. The molecule has 0 aliphatic heterocycles. The van der Waals surface area contributed by atoms with Crippen molar-refractivity contribution in [1.29, 1.82) is 0 Å². The van der Waals surface area contributed by atoms with Gasteiger partial charge in [-0.05, 0) is 0 Å². The highest BCUT2D eigenvalue weighted by atomic mass is 16.2. The molecular formula is C9H7N7O. The Labute approximate surface area is 94.5 Å². The molecule has 0 amide bonds. The van der Waals surface area contributed by atoms with Crippen LogP contribution in [-0.4, -0.2) is 35.6 Å². The minimum atomic E-state index is -0.434. The highest BCUT2D eigenvalue weighted by Crippen LogP contribution is 2.08. The Balaban J connectivity index is 2.09. The fraction of sp³-hybridized carbons (Fsp3) is 0. The first-order valence-electron chi connectivity index (χ1n) is 4.74. The summed E-state index contributed by atoms with van der Waals surface area (Å²) >= 11 is 0. The van der Waals surface area contributed by atoms with Gasteiger partial charge in [0.2, 0.25) is 5.82 Å². The molecule has 0 unspecified atom stereocenters. The van der Waals surface area contributed by atoms with Gasteiger partial charge in [-0.1, -0.05) is 0 Å². The lowest BCUT2D eigenvalue weighted by Crippen LogP contribution is -2.16. The molecule has 0 spiro atoms. The predicted molar refractivity (Wildman–Crippen MR) is 58.1 cm³/mol. The average molecular weight is 229 g/mol. The van der Waals surface area contributed by atoms with Crippen LogP contribution in [0.15, 0.2) is 24.9 Å². The summed E-state index contributed by atoms with van der Waals surface area (Å²) in [7, 11) is 0. The predicted octanol–water partition coefficient (Wildman–Crippen LogP) is -0.180. The van der Waals surface area contributed by atoms with E-state index < -0.39 is 5.91 Å². The smallest absolute Gasteiger partial charge is 0.302 e. The second kappa shape index (κ2) is 3.37. The summed E-state index contributed by atoms with van der Waals surface area (Å²) in [6, 6.07) is 0. The quantitative estimate of drug-likeness (QED) is 0.598. The van der Waals surface area contributed by atoms with E-state index in [0.717, 1.165) is 5.39 Å². The molecule has 3 aromatic rings. The topological polar surface area (TPSA) is 115 Å². The summed E-state index contributed by atoms with van der Waals surface area (Å²) in [5.41, 5.74) is 6.08. The lowest BCUT2D eigenvalue weighted by Gasteiger charge is -2.01. The zero-order valence-electron chi connectivity index (χ0n) is 8.53. The van der Waals surface area contributed by atoms with Gasteiger partial charge in [-0.15, -0.1) is 0 Å². The first-order valence-corrected chi connectivity index (χ1v) is 4.74. The molecule has 8 nitrogen and oxygen atoms in total. The maximum absolute atomic E-state index is 12.0. The molecule has 8 heteroatoms. The number of nitrogens with one attached hydrogen (secondary N) is 1. The average Bonchev–Trinajstić information content (AvgIpc) is 2.95. The molecule has 0 aromatic carbocycles. The van der Waals surface area contributed by atoms with Gasteiger partial charge >= 0.3 is 5.91 Å². The molecule has 0 atom stereocenters. The van der Waals surface area contributed by atoms with Crippen molar-refractivity contribution in [2.75, 3.05) is 5.73 Å². The van der Waals surface area contributed by atoms with Crippen LogP contribution in [0.1, 0.15) is 10.6 Å². The first-order chi connectivity index (χ1) is 8.25. The summed E-state index contributed by atoms with van der Waals surface area (Å²) < 4.78 is 1.18. The van der Waals surface area contributed by atoms with Gasteiger partial charge in [-0.25, -0.2) is 19.5 Å². The maximum atomic E-state index is 12.0. The number of nitrogens with zero attached hydrogens (tertiary/aromatic N) is 5. The number of aromatic nitrogens is 6. The van der Waals surface area contributed by atoms with Crippen molar-refractivity contribution in [3.05, 3.63) is 30.7 Å². The first kappa shape index (κ1) is 9.46. The van der Waals surface area contributed by atoms with Gasteiger partial charge in [-0.3, -0.25) is 9.89 Å². The van der Waals surface area contributed by atoms with Gasteiger partial charge in [0.05, 0.1) is 17.8 Å². The molecular weight excluding hydrogens is 222 g/mol. The van der Waals surface area contributed by atoms with Crippen LogP contribution in [0, 0.1) is 0 Å². The molecule has 0 radical (unpaired) electrons. The normalized spacial score (nSPS) is 10.8. The van der Waals surface area contributed by atoms with Crippen molar-refractivity contribution in [3.63, 3.8) is 0 Å². The molecule has 0 saturated heterocycles. The number of fused-ring (bicyclic) bond motifs is 1. The summed E-state index contributed by atoms with van der Waals surface area (Å²) in [5.74, 6) is -0.161. The summed E-state index contributed by atoms with van der Waals surface area (Å²) in [5, 5.41) is 7.20. The van der Waals surface area contributed by atoms with Crippen LogP contribution in [0.25, 0.3) is 11.0 Å². The van der Waals surface area contributed by atoms with Crippen molar-refractivity contribution in [1.82, 2.24) is 29.7 Å². The molecule has 84 valence electrons. The van der Waals surface area contributed by atoms with Gasteiger partial charge in [0.25, 0.3) is 0 Å². The van der Waals surface area contributed by atoms with Gasteiger partial charge in [0, 0.05) is 6.20 Å². The van der Waals surface area contributed by atoms with Crippen LogP contribution in [0.5, 0.6) is 0 Å². The Morgan fingerprint density at radius 3 is 3.00 bits per heavy atom. The lowest BCUT2D eigenvalue weighted by atomic mass is 10.4. The molecule has 0 aliphatic carbocycles. The highest BCUT2D eigenvalue weighted by Gasteiger charge is 2.14. The standard InChI is InChI=1S/C9H7N7O/c10-6-3-11-4-16(6)9(17)8-12-1-5-2-13-15-7(5)14-8/h1-4H,10H2,(H,12,13,14,15). The Morgan fingerprint density at radius 1 is 1.35 bits per heavy atom. The number of nitrogen functional groups attached to an aromatic ring is 1. The maximum Gasteiger partial charge on any atom is 0.302 e. The Hall–Kier alpha value is -2.77. The Kier molecular flexibility index (Phi) is 1.87. The molecule has 17 heavy (non-hydrogen) atoms. The van der Waals surface area contributed by atoms with Gasteiger partial charge < -0.3 is 5.73 Å². The number of hydrogen-bond acceptors (Lipinski definition) is 6. The van der Waals surface area contributed by atoms with Crippen LogP contribution < -0.4 is 5.73 Å². The van der Waals surface area contributed by atoms with Crippen molar-refractivity contribution >= 4 is 22.8 Å². The van der Waals surface area contributed by atoms with E-state index in [1.807, 2.05) is 0 Å². The van der Waals surface area contributed by atoms with Crippen molar-refractivity contribution in [3.8, 4) is 0 Å². The van der Waals surface area contributed by atoms with E-state index in [4.69, 9.17) is 5.73 Å². The third-order valence-corrected chi connectivity index (χ3v) is 2.27. The summed E-state index contributed by atoms with van der Waals surface area (Å²) in [6.07, 6.45) is 5.80. The monoisotopic (exact) mass is 229 g/mol. The Morgan fingerprint density at radius 2 is 2.24 bits per heavy atom. The van der Waals surface area contributed by atoms with E-state index in [1.165, 1.54) is 23.3 Å². The van der Waals surface area contributed by atoms with Crippen molar-refractivity contribution < 1.29 is 4.79 Å². The molecule has 0 fully saturated rings. The highest BCUT2D eigenvalue weighted by molar-refractivity contribution is 5.95. The second-order valence-electron chi connectivity index (χ2n) is 3.36. The minimum Gasteiger partial charge on any atom is -0.383 e. The number of nitrogens with two attached hydrogens (primary N) is 1. The number of carbonyl (C=O) groups is 1. The van der Waals surface area contributed by atoms with E-state index in [-0.39, 0.29) is 11.6 Å². The van der Waals surface area contributed by atoms with Crippen molar-refractivity contribution in [2.24, 2.45) is 0 Å². The Bertz CT molecular complexity index is 698. The summed E-state index contributed by atoms with van der Waals surface area (Å²) in [4.78, 5) is 23.7. The second-order valence-corrected chi connectivity index (χ2v) is 3.36. The molecule has 3 aromatic heterocycles. The summed E-state index contributed by atoms with van der Waals surface area (Å²) in [6.45, 7) is 0. The molecule has 0 bridgehead atoms. The van der Waals surface area contributed by atoms with Crippen LogP contribution >= 0.6 is 0 Å². The number of imidazole rings is 1. The minimum absolute atomic E-state index is 0.0338. The van der Waals surface area contributed by atoms with Gasteiger partial charge in [0.1, 0.15) is 12.1 Å². The van der Waals surface area contributed by atoms with E-state index in [2.05, 4.69) is 25.1 Å². The largest absolute Gasteiger partial charge is 0.383 e. The van der Waals surface area contributed by atoms with E-state index in [1.54, 1.807) is 6.20 Å². The SMILES string of the molecule is Nc1cncn1C(=O)c1ncc2cn[nH]c2n1. The van der Waals surface area contributed by atoms with Gasteiger partial charge in [0.15, 0.2) is 5.65 Å². The van der Waals surface area contributed by atoms with Crippen LogP contribution in [-0.2, 0) is 0 Å². The van der Waals surface area contributed by atoms with Crippen LogP contribution in [0.2, 0.25) is 0 Å². The van der Waals surface area contributed by atoms with Crippen LogP contribution in [0.3, 0.4) is 0 Å². The zero-order chi connectivity index (χ0) is 11.8. The van der Waals surface area contributed by atoms with E-state index >= 15 is 0 Å². The number of rotatable bonds is 1. The third-order valence-electron chi connectivity index (χ3n) is 2.27. The van der Waals surface area contributed by atoms with E-state index in [0.29, 0.717) is 5.65 Å². The number of anilines is 1. The number of aromatic amines is 1. The number of hydrogen-bond donors (Lipinski definition) is 2. The fourth-order valence-electron chi connectivity index (χ4n) is 1.42. The number of H-pyrrole nitrogens is 1. The van der Waals surface area contributed by atoms with E-state index in [9.17, 15) is 4.79 Å². The third kappa shape index (κ3) is 1.42. The molecule has 3 N–H and O–H groups in total. The fourth-order valence-corrected chi connectivity index (χ4v) is 1.42. The molecule has 3 rings (SSSR count). The number of carbonyl (C=O) groups excluding carboxylic acids is 1. The lowest BCUT2D eigenvalue weighted by molar-refractivity contribution is 0.0952. The molecule has 3 heterocycles. The molecule has 0 saturated carbocycles. The van der Waals surface area contributed by atoms with Gasteiger partial charge in [-0.2, -0.15) is 5.10 Å². The zero-order valence-corrected chi connectivity index (χ0v) is 8.53. The van der Waals surface area contributed by atoms with Crippen molar-refractivity contribution in [2.45, 2.75) is 0 Å². The van der Waals surface area contributed by atoms with Crippen LogP contribution in [0.4, 0.5) is 5.82 Å².